The summed E-state index contributed by atoms with van der Waals surface area (Å²) in [5.74, 6) is 0. The molecule has 0 fully saturated rings. The maximum Gasteiger partial charge on any atom is 0.135 e. The maximum atomic E-state index is 5.73. The molecule has 262 valence electrons. The first kappa shape index (κ1) is 34.4. The zero-order valence-electron chi connectivity index (χ0n) is 32.0. The fraction of sp³-hybridized carbons (Fsp3) is 0.192. The molecule has 0 spiro atoms. The Bertz CT molecular complexity index is 2610. The van der Waals surface area contributed by atoms with Gasteiger partial charge >= 0.3 is 0 Å². The molecule has 0 aliphatic heterocycles. The highest BCUT2D eigenvalue weighted by atomic mass is 16.3. The molecule has 7 aromatic carbocycles. The van der Waals surface area contributed by atoms with Crippen molar-refractivity contribution >= 4 is 21.9 Å². The quantitative estimate of drug-likeness (QED) is 0.176. The minimum atomic E-state index is 0.0760. The molecule has 1 heterocycles. The van der Waals surface area contributed by atoms with Crippen LogP contribution in [-0.4, -0.2) is 0 Å². The van der Waals surface area contributed by atoms with Gasteiger partial charge in [0.2, 0.25) is 0 Å². The van der Waals surface area contributed by atoms with E-state index in [0.29, 0.717) is 0 Å². The van der Waals surface area contributed by atoms with Crippen LogP contribution in [0.15, 0.2) is 156 Å². The number of hydrogen-bond donors (Lipinski definition) is 0. The molecule has 1 nitrogen and oxygen atoms in total. The molecule has 10 rings (SSSR count). The van der Waals surface area contributed by atoms with Gasteiger partial charge in [0.1, 0.15) is 11.2 Å². The highest BCUT2D eigenvalue weighted by molar-refractivity contribution is 6.06. The lowest BCUT2D eigenvalue weighted by atomic mass is 9.78. The third-order valence-corrected chi connectivity index (χ3v) is 11.9. The van der Waals surface area contributed by atoms with E-state index in [9.17, 15) is 0 Å². The van der Waals surface area contributed by atoms with Gasteiger partial charge in [-0.15, -0.1) is 0 Å². The molecular formula is C52H48O. The van der Waals surface area contributed by atoms with Crippen LogP contribution in [0.4, 0.5) is 0 Å². The van der Waals surface area contributed by atoms with E-state index in [4.69, 9.17) is 4.42 Å². The SMILES string of the molecule is CCC1(C)c2ccccc2-c2c(C)cccc21.Cc1ccc(-c2ccc3c(c2)C(C)(C)c2ccccc2-3)cc1.Cc1cccc2oc3ccccc3c12. The maximum absolute atomic E-state index is 5.73. The Balaban J connectivity index is 0.000000116. The average molecular weight is 689 g/mol. The van der Waals surface area contributed by atoms with Crippen molar-refractivity contribution in [1.29, 1.82) is 0 Å². The molecule has 0 amide bonds. The first-order valence-corrected chi connectivity index (χ1v) is 19.0. The van der Waals surface area contributed by atoms with Crippen LogP contribution in [0.3, 0.4) is 0 Å². The predicted octanol–water partition coefficient (Wildman–Crippen LogP) is 14.6. The van der Waals surface area contributed by atoms with E-state index < -0.39 is 0 Å². The summed E-state index contributed by atoms with van der Waals surface area (Å²) in [6.07, 6.45) is 1.15. The fourth-order valence-corrected chi connectivity index (χ4v) is 8.77. The monoisotopic (exact) mass is 688 g/mol. The Morgan fingerprint density at radius 2 is 1.06 bits per heavy atom. The second kappa shape index (κ2) is 13.4. The molecular weight excluding hydrogens is 641 g/mol. The Kier molecular flexibility index (Phi) is 8.70. The van der Waals surface area contributed by atoms with Crippen molar-refractivity contribution in [2.24, 2.45) is 0 Å². The summed E-state index contributed by atoms with van der Waals surface area (Å²) < 4.78 is 5.73. The van der Waals surface area contributed by atoms with Crippen LogP contribution in [0, 0.1) is 20.8 Å². The lowest BCUT2D eigenvalue weighted by Gasteiger charge is -2.25. The number of fused-ring (bicyclic) bond motifs is 9. The Labute approximate surface area is 315 Å². The Morgan fingerprint density at radius 3 is 1.83 bits per heavy atom. The van der Waals surface area contributed by atoms with Crippen molar-refractivity contribution in [2.75, 3.05) is 0 Å². The lowest BCUT2D eigenvalue weighted by molar-refractivity contribution is 0.564. The van der Waals surface area contributed by atoms with Crippen LogP contribution in [0.1, 0.15) is 73.1 Å². The van der Waals surface area contributed by atoms with Gasteiger partial charge in [-0.3, -0.25) is 0 Å². The summed E-state index contributed by atoms with van der Waals surface area (Å²) in [6.45, 7) is 15.8. The first-order chi connectivity index (χ1) is 25.6. The van der Waals surface area contributed by atoms with Gasteiger partial charge < -0.3 is 4.42 Å². The van der Waals surface area contributed by atoms with Crippen LogP contribution in [0.25, 0.3) is 55.3 Å². The second-order valence-corrected chi connectivity index (χ2v) is 15.6. The van der Waals surface area contributed by atoms with E-state index in [1.807, 2.05) is 30.3 Å². The van der Waals surface area contributed by atoms with E-state index >= 15 is 0 Å². The molecule has 0 saturated carbocycles. The van der Waals surface area contributed by atoms with E-state index in [2.05, 4.69) is 170 Å². The molecule has 8 aromatic rings. The summed E-state index contributed by atoms with van der Waals surface area (Å²) in [7, 11) is 0. The van der Waals surface area contributed by atoms with Crippen molar-refractivity contribution in [3.05, 3.63) is 191 Å². The Hall–Kier alpha value is -5.66. The summed E-state index contributed by atoms with van der Waals surface area (Å²) in [4.78, 5) is 0. The topological polar surface area (TPSA) is 13.1 Å². The molecule has 2 aliphatic rings. The molecule has 0 bridgehead atoms. The molecule has 1 heteroatoms. The molecule has 2 aliphatic carbocycles. The van der Waals surface area contributed by atoms with Crippen LogP contribution in [0.5, 0.6) is 0 Å². The van der Waals surface area contributed by atoms with E-state index in [1.54, 1.807) is 0 Å². The molecule has 1 aromatic heterocycles. The van der Waals surface area contributed by atoms with Crippen molar-refractivity contribution in [3.63, 3.8) is 0 Å². The van der Waals surface area contributed by atoms with Gasteiger partial charge in [0.15, 0.2) is 0 Å². The number of benzene rings is 7. The molecule has 1 unspecified atom stereocenters. The van der Waals surface area contributed by atoms with Crippen molar-refractivity contribution in [1.82, 2.24) is 0 Å². The number of para-hydroxylation sites is 1. The Morgan fingerprint density at radius 1 is 0.472 bits per heavy atom. The number of hydrogen-bond acceptors (Lipinski definition) is 1. The summed E-state index contributed by atoms with van der Waals surface area (Å²) >= 11 is 0. The highest BCUT2D eigenvalue weighted by Gasteiger charge is 2.38. The largest absolute Gasteiger partial charge is 0.456 e. The molecule has 0 saturated heterocycles. The van der Waals surface area contributed by atoms with Gasteiger partial charge in [-0.2, -0.15) is 0 Å². The summed E-state index contributed by atoms with van der Waals surface area (Å²) in [5, 5.41) is 2.45. The third-order valence-electron chi connectivity index (χ3n) is 11.9. The average Bonchev–Trinajstić information content (AvgIpc) is 3.77. The van der Waals surface area contributed by atoms with Crippen LogP contribution in [0.2, 0.25) is 0 Å². The van der Waals surface area contributed by atoms with Gasteiger partial charge in [-0.05, 0) is 112 Å². The van der Waals surface area contributed by atoms with Gasteiger partial charge in [-0.25, -0.2) is 0 Å². The summed E-state index contributed by atoms with van der Waals surface area (Å²) in [5.41, 5.74) is 20.3. The fourth-order valence-electron chi connectivity index (χ4n) is 8.77. The zero-order chi connectivity index (χ0) is 36.9. The standard InChI is InChI=1S/C22H20.C17H18.C13H10O/c1-15-8-10-16(11-9-15)17-12-13-19-18-6-4-5-7-20(18)22(2,3)21(19)14-17;1-4-17(3)14-10-6-5-9-13(14)16-12(2)8-7-11-15(16)17;1-9-5-4-8-12-13(9)10-6-2-3-7-11(10)14-12/h4-14H,1-3H3;5-11H,4H2,1-3H3;2-8H,1H3. The second-order valence-electron chi connectivity index (χ2n) is 15.6. The van der Waals surface area contributed by atoms with Crippen molar-refractivity contribution < 1.29 is 4.42 Å². The van der Waals surface area contributed by atoms with Crippen LogP contribution in [-0.2, 0) is 10.8 Å². The molecule has 1 atom stereocenters. The van der Waals surface area contributed by atoms with Crippen LogP contribution >= 0.6 is 0 Å². The van der Waals surface area contributed by atoms with E-state index in [-0.39, 0.29) is 10.8 Å². The van der Waals surface area contributed by atoms with Crippen LogP contribution < -0.4 is 0 Å². The molecule has 53 heavy (non-hydrogen) atoms. The highest BCUT2D eigenvalue weighted by Crippen LogP contribution is 2.52. The summed E-state index contributed by atoms with van der Waals surface area (Å²) in [6, 6.07) is 54.4. The minimum absolute atomic E-state index is 0.0760. The lowest BCUT2D eigenvalue weighted by Crippen LogP contribution is -2.18. The third kappa shape index (κ3) is 5.80. The van der Waals surface area contributed by atoms with Crippen molar-refractivity contribution in [2.45, 2.75) is 65.7 Å². The smallest absolute Gasteiger partial charge is 0.135 e. The molecule has 0 N–H and O–H groups in total. The predicted molar refractivity (Wildman–Crippen MR) is 226 cm³/mol. The van der Waals surface area contributed by atoms with Gasteiger partial charge in [-0.1, -0.05) is 167 Å². The normalized spacial score (nSPS) is 15.8. The number of furan rings is 1. The first-order valence-electron chi connectivity index (χ1n) is 19.0. The minimum Gasteiger partial charge on any atom is -0.456 e. The van der Waals surface area contributed by atoms with E-state index in [1.165, 1.54) is 83.1 Å². The zero-order valence-corrected chi connectivity index (χ0v) is 32.0. The van der Waals surface area contributed by atoms with Gasteiger partial charge in [0, 0.05) is 21.6 Å². The molecule has 0 radical (unpaired) electrons. The van der Waals surface area contributed by atoms with Crippen molar-refractivity contribution in [3.8, 4) is 33.4 Å². The van der Waals surface area contributed by atoms with E-state index in [0.717, 1.165) is 17.6 Å². The van der Waals surface area contributed by atoms with Gasteiger partial charge in [0.25, 0.3) is 0 Å². The number of rotatable bonds is 2. The van der Waals surface area contributed by atoms with Gasteiger partial charge in [0.05, 0.1) is 0 Å². The number of aryl methyl sites for hydroxylation is 3.